The van der Waals surface area contributed by atoms with Crippen molar-refractivity contribution in [1.29, 1.82) is 0 Å². The number of fused-ring (bicyclic) bond motifs is 2. The molecule has 0 radical (unpaired) electrons. The lowest BCUT2D eigenvalue weighted by atomic mass is 9.96. The minimum absolute atomic E-state index is 0.252. The van der Waals surface area contributed by atoms with Crippen molar-refractivity contribution >= 4 is 45.8 Å². The third-order valence-corrected chi connectivity index (χ3v) is 7.27. The number of allylic oxidation sites excluding steroid dienone is 1. The van der Waals surface area contributed by atoms with Crippen LogP contribution in [0, 0.1) is 0 Å². The van der Waals surface area contributed by atoms with Crippen molar-refractivity contribution in [2.45, 2.75) is 13.0 Å². The van der Waals surface area contributed by atoms with Gasteiger partial charge < -0.3 is 9.47 Å². The summed E-state index contributed by atoms with van der Waals surface area (Å²) in [6.07, 6.45) is 1.83. The van der Waals surface area contributed by atoms with E-state index in [2.05, 4.69) is 4.99 Å². The molecule has 1 aliphatic rings. The molecule has 0 fully saturated rings. The quantitative estimate of drug-likeness (QED) is 0.390. The average Bonchev–Trinajstić information content (AvgIpc) is 3.17. The van der Waals surface area contributed by atoms with Crippen LogP contribution in [0.4, 0.5) is 0 Å². The fourth-order valence-electron chi connectivity index (χ4n) is 4.39. The summed E-state index contributed by atoms with van der Waals surface area (Å²) < 4.78 is 12.7. The molecule has 4 aromatic rings. The van der Waals surface area contributed by atoms with E-state index >= 15 is 0 Å². The van der Waals surface area contributed by atoms with Crippen LogP contribution >= 0.6 is 22.9 Å². The second-order valence-electron chi connectivity index (χ2n) is 8.03. The minimum atomic E-state index is -0.687. The molecule has 35 heavy (non-hydrogen) atoms. The Morgan fingerprint density at radius 2 is 1.83 bits per heavy atom. The average molecular weight is 505 g/mol. The van der Waals surface area contributed by atoms with Crippen molar-refractivity contribution < 1.29 is 14.3 Å². The molecule has 0 aliphatic carbocycles. The van der Waals surface area contributed by atoms with Gasteiger partial charge in [0, 0.05) is 10.6 Å². The summed E-state index contributed by atoms with van der Waals surface area (Å²) in [6, 6.07) is 18.2. The van der Waals surface area contributed by atoms with Gasteiger partial charge in [-0.2, -0.15) is 0 Å². The van der Waals surface area contributed by atoms with E-state index in [0.717, 1.165) is 21.9 Å². The first-order valence-electron chi connectivity index (χ1n) is 10.8. The topological polar surface area (TPSA) is 69.9 Å². The molecular weight excluding hydrogens is 484 g/mol. The van der Waals surface area contributed by atoms with Crippen LogP contribution in [-0.4, -0.2) is 24.8 Å². The number of nitrogens with zero attached hydrogens (tertiary/aromatic N) is 2. The van der Waals surface area contributed by atoms with Gasteiger partial charge in [-0.1, -0.05) is 65.4 Å². The number of ether oxygens (including phenoxy) is 2. The van der Waals surface area contributed by atoms with Crippen LogP contribution in [0.25, 0.3) is 16.8 Å². The molecule has 0 N–H and O–H groups in total. The van der Waals surface area contributed by atoms with Crippen LogP contribution in [0.15, 0.2) is 81.7 Å². The van der Waals surface area contributed by atoms with Crippen molar-refractivity contribution in [3.8, 4) is 5.75 Å². The molecule has 1 atom stereocenters. The van der Waals surface area contributed by atoms with Gasteiger partial charge in [0.2, 0.25) is 0 Å². The van der Waals surface area contributed by atoms with Crippen LogP contribution < -0.4 is 19.6 Å². The number of thiazole rings is 1. The number of rotatable bonds is 4. The van der Waals surface area contributed by atoms with E-state index in [0.29, 0.717) is 31.4 Å². The number of benzene rings is 3. The maximum Gasteiger partial charge on any atom is 0.338 e. The normalized spacial score (nSPS) is 15.7. The van der Waals surface area contributed by atoms with Crippen molar-refractivity contribution in [3.05, 3.63) is 108 Å². The summed E-state index contributed by atoms with van der Waals surface area (Å²) in [4.78, 5) is 31.7. The molecule has 1 aromatic heterocycles. The number of carbonyl (C=O) groups is 1. The summed E-state index contributed by atoms with van der Waals surface area (Å²) in [5.74, 6) is 0.131. The predicted octanol–water partition coefficient (Wildman–Crippen LogP) is 4.22. The smallest absolute Gasteiger partial charge is 0.338 e. The molecule has 2 heterocycles. The molecule has 0 saturated carbocycles. The fraction of sp³-hybridized carbons (Fsp3) is 0.148. The fourth-order valence-corrected chi connectivity index (χ4v) is 5.54. The van der Waals surface area contributed by atoms with Gasteiger partial charge in [0.05, 0.1) is 36.1 Å². The number of aromatic nitrogens is 1. The van der Waals surface area contributed by atoms with Crippen molar-refractivity contribution in [3.63, 3.8) is 0 Å². The van der Waals surface area contributed by atoms with Gasteiger partial charge in [-0.05, 0) is 47.5 Å². The zero-order valence-electron chi connectivity index (χ0n) is 19.2. The first kappa shape index (κ1) is 23.1. The molecule has 0 spiro atoms. The number of esters is 1. The van der Waals surface area contributed by atoms with Gasteiger partial charge in [-0.25, -0.2) is 9.79 Å². The summed E-state index contributed by atoms with van der Waals surface area (Å²) in [6.45, 7) is 1.75. The van der Waals surface area contributed by atoms with Crippen molar-refractivity contribution in [2.24, 2.45) is 4.99 Å². The molecule has 176 valence electrons. The van der Waals surface area contributed by atoms with E-state index < -0.39 is 12.0 Å². The maximum atomic E-state index is 13.8. The largest absolute Gasteiger partial charge is 0.496 e. The number of halogens is 1. The second kappa shape index (κ2) is 9.17. The van der Waals surface area contributed by atoms with E-state index in [1.165, 1.54) is 18.4 Å². The summed E-state index contributed by atoms with van der Waals surface area (Å²) >= 11 is 7.37. The van der Waals surface area contributed by atoms with Gasteiger partial charge in [0.15, 0.2) is 4.80 Å². The van der Waals surface area contributed by atoms with Crippen molar-refractivity contribution in [2.75, 3.05) is 14.2 Å². The zero-order valence-corrected chi connectivity index (χ0v) is 20.8. The van der Waals surface area contributed by atoms with Gasteiger partial charge in [-0.3, -0.25) is 9.36 Å². The van der Waals surface area contributed by atoms with E-state index in [4.69, 9.17) is 21.1 Å². The Hall–Kier alpha value is -3.68. The van der Waals surface area contributed by atoms with E-state index in [-0.39, 0.29) is 5.56 Å². The number of hydrogen-bond acceptors (Lipinski definition) is 6. The Kier molecular flexibility index (Phi) is 6.05. The molecule has 8 heteroatoms. The molecular formula is C27H21ClN2O4S. The standard InChI is InChI=1S/C27H21ClN2O4S/c1-15-23(26(32)34-3)24(17-8-11-18(28)12-9-17)30-25(31)22(35-27(30)29-15)14-20-19-7-5-4-6-16(19)10-13-21(20)33-2/h4-14,24H,1-3H3/b22-14-/t24-/m0/s1. The van der Waals surface area contributed by atoms with Crippen LogP contribution in [0.3, 0.4) is 0 Å². The molecule has 0 bridgehead atoms. The van der Waals surface area contributed by atoms with Gasteiger partial charge in [-0.15, -0.1) is 0 Å². The maximum absolute atomic E-state index is 13.8. The van der Waals surface area contributed by atoms with Crippen LogP contribution in [0.1, 0.15) is 24.1 Å². The Morgan fingerprint density at radius 3 is 2.54 bits per heavy atom. The highest BCUT2D eigenvalue weighted by Gasteiger charge is 2.33. The van der Waals surface area contributed by atoms with Gasteiger partial charge in [0.25, 0.3) is 5.56 Å². The predicted molar refractivity (Wildman–Crippen MR) is 138 cm³/mol. The van der Waals surface area contributed by atoms with E-state index in [1.807, 2.05) is 42.5 Å². The number of methoxy groups -OCH3 is 2. The highest BCUT2D eigenvalue weighted by Crippen LogP contribution is 2.32. The highest BCUT2D eigenvalue weighted by molar-refractivity contribution is 7.07. The lowest BCUT2D eigenvalue weighted by molar-refractivity contribution is -0.136. The molecule has 0 amide bonds. The van der Waals surface area contributed by atoms with Gasteiger partial charge >= 0.3 is 5.97 Å². The molecule has 6 nitrogen and oxygen atoms in total. The summed E-state index contributed by atoms with van der Waals surface area (Å²) in [5.41, 5.74) is 2.11. The Bertz CT molecular complexity index is 1680. The Morgan fingerprint density at radius 1 is 1.09 bits per heavy atom. The molecule has 1 aliphatic heterocycles. The van der Waals surface area contributed by atoms with E-state index in [9.17, 15) is 9.59 Å². The number of hydrogen-bond donors (Lipinski definition) is 0. The van der Waals surface area contributed by atoms with E-state index in [1.54, 1.807) is 42.9 Å². The Balaban J connectivity index is 1.80. The van der Waals surface area contributed by atoms with Crippen LogP contribution in [0.5, 0.6) is 5.75 Å². The lowest BCUT2D eigenvalue weighted by Crippen LogP contribution is -2.39. The van der Waals surface area contributed by atoms with Gasteiger partial charge in [0.1, 0.15) is 5.75 Å². The van der Waals surface area contributed by atoms with Crippen molar-refractivity contribution in [1.82, 2.24) is 4.57 Å². The first-order valence-corrected chi connectivity index (χ1v) is 12.0. The summed E-state index contributed by atoms with van der Waals surface area (Å²) in [7, 11) is 2.93. The molecule has 5 rings (SSSR count). The van der Waals surface area contributed by atoms with Crippen LogP contribution in [-0.2, 0) is 9.53 Å². The monoisotopic (exact) mass is 504 g/mol. The SMILES string of the molecule is COC(=O)C1=C(C)N=c2s/c(=C\c3c(OC)ccc4ccccc34)c(=O)n2[C@H]1c1ccc(Cl)cc1. The second-order valence-corrected chi connectivity index (χ2v) is 9.47. The summed E-state index contributed by atoms with van der Waals surface area (Å²) in [5, 5.41) is 2.57. The zero-order chi connectivity index (χ0) is 24.7. The number of carbonyl (C=O) groups excluding carboxylic acids is 1. The lowest BCUT2D eigenvalue weighted by Gasteiger charge is -2.24. The molecule has 0 saturated heterocycles. The third kappa shape index (κ3) is 3.96. The third-order valence-electron chi connectivity index (χ3n) is 6.04. The highest BCUT2D eigenvalue weighted by atomic mass is 35.5. The minimum Gasteiger partial charge on any atom is -0.496 e. The first-order chi connectivity index (χ1) is 16.9. The Labute approximate surface area is 210 Å². The van der Waals surface area contributed by atoms with Crippen LogP contribution in [0.2, 0.25) is 5.02 Å². The molecule has 0 unspecified atom stereocenters. The molecule has 3 aromatic carbocycles.